The second kappa shape index (κ2) is 9.91. The van der Waals surface area contributed by atoms with Crippen molar-refractivity contribution >= 4 is 5.91 Å². The van der Waals surface area contributed by atoms with Gasteiger partial charge in [-0.3, -0.25) is 9.69 Å². The van der Waals surface area contributed by atoms with Gasteiger partial charge in [0, 0.05) is 24.2 Å². The minimum absolute atomic E-state index is 0.0775. The van der Waals surface area contributed by atoms with Crippen molar-refractivity contribution in [3.05, 3.63) is 52.8 Å². The fourth-order valence-electron chi connectivity index (χ4n) is 4.74. The molecule has 5 rings (SSSR count). The summed E-state index contributed by atoms with van der Waals surface area (Å²) in [6.45, 7) is 3.82. The van der Waals surface area contributed by atoms with Crippen LogP contribution in [0.15, 0.2) is 30.3 Å². The topological polar surface area (TPSA) is 104 Å². The summed E-state index contributed by atoms with van der Waals surface area (Å²) in [5.41, 5.74) is 3.48. The number of benzene rings is 2. The van der Waals surface area contributed by atoms with E-state index in [1.807, 2.05) is 25.2 Å². The lowest BCUT2D eigenvalue weighted by Crippen LogP contribution is -2.35. The Bertz CT molecular complexity index is 1210. The number of likely N-dealkylation sites (N-methyl/N-ethyl adjacent to an activating group) is 1. The molecule has 0 saturated heterocycles. The highest BCUT2D eigenvalue weighted by Gasteiger charge is 2.37. The van der Waals surface area contributed by atoms with Gasteiger partial charge >= 0.3 is 0 Å². The molecule has 0 spiro atoms. The molecular weight excluding hydrogens is 448 g/mol. The van der Waals surface area contributed by atoms with Crippen molar-refractivity contribution in [2.75, 3.05) is 34.0 Å². The summed E-state index contributed by atoms with van der Waals surface area (Å²) >= 11 is 0. The van der Waals surface area contributed by atoms with Gasteiger partial charge in [-0.2, -0.15) is 4.68 Å². The Labute approximate surface area is 204 Å². The van der Waals surface area contributed by atoms with Crippen molar-refractivity contribution < 1.29 is 19.0 Å². The number of nitrogens with zero attached hydrogens (tertiary/aromatic N) is 5. The third kappa shape index (κ3) is 4.29. The van der Waals surface area contributed by atoms with Crippen molar-refractivity contribution in [3.63, 3.8) is 0 Å². The molecule has 1 amide bonds. The quantitative estimate of drug-likeness (QED) is 0.493. The molecule has 2 aliphatic heterocycles. The average molecular weight is 479 g/mol. The molecular formula is C25H30N6O4. The Balaban J connectivity index is 1.46. The van der Waals surface area contributed by atoms with Crippen LogP contribution in [0.4, 0.5) is 0 Å². The predicted molar refractivity (Wildman–Crippen MR) is 128 cm³/mol. The first-order valence-electron chi connectivity index (χ1n) is 12.0. The Morgan fingerprint density at radius 2 is 2.06 bits per heavy atom. The van der Waals surface area contributed by atoms with Gasteiger partial charge in [0.15, 0.2) is 17.3 Å². The zero-order valence-electron chi connectivity index (χ0n) is 20.3. The molecule has 10 heteroatoms. The molecule has 0 bridgehead atoms. The van der Waals surface area contributed by atoms with Gasteiger partial charge in [0.1, 0.15) is 6.04 Å². The zero-order chi connectivity index (χ0) is 24.4. The highest BCUT2D eigenvalue weighted by Crippen LogP contribution is 2.50. The van der Waals surface area contributed by atoms with Crippen molar-refractivity contribution in [2.24, 2.45) is 0 Å². The molecule has 0 fully saturated rings. The van der Waals surface area contributed by atoms with E-state index in [4.69, 9.17) is 14.2 Å². The standard InChI is InChI=1S/C25H30N6O4/c1-4-5-6-12-26-25(32)16-7-9-18(10-8-16)31-24(27-28-29-31)21-20-17(11-13-30(21)2)14-19-22(23(20)33-3)35-15-34-19/h7-10,14,21H,4-6,11-13,15H2,1-3H3,(H,26,32). The first-order chi connectivity index (χ1) is 17.1. The maximum absolute atomic E-state index is 12.5. The number of carbonyl (C=O) groups excluding carboxylic acids is 1. The van der Waals surface area contributed by atoms with Crippen LogP contribution < -0.4 is 19.5 Å². The second-order valence-corrected chi connectivity index (χ2v) is 8.81. The van der Waals surface area contributed by atoms with Gasteiger partial charge in [0.2, 0.25) is 12.5 Å². The van der Waals surface area contributed by atoms with Gasteiger partial charge in [-0.25, -0.2) is 0 Å². The number of fused-ring (bicyclic) bond motifs is 2. The number of rotatable bonds is 8. The number of carbonyl (C=O) groups is 1. The number of nitrogens with one attached hydrogen (secondary N) is 1. The first-order valence-corrected chi connectivity index (χ1v) is 12.0. The average Bonchev–Trinajstić information content (AvgIpc) is 3.55. The molecule has 1 atom stereocenters. The van der Waals surface area contributed by atoms with Crippen LogP contribution in [-0.4, -0.2) is 65.1 Å². The largest absolute Gasteiger partial charge is 0.492 e. The van der Waals surface area contributed by atoms with Crippen LogP contribution in [0.1, 0.15) is 59.5 Å². The SMILES string of the molecule is CCCCCNC(=O)c1ccc(-n2nnnc2C2c3c(cc4c(c3OC)OCO4)CCN2C)cc1. The van der Waals surface area contributed by atoms with Crippen LogP contribution in [0, 0.1) is 0 Å². The molecule has 1 unspecified atom stereocenters. The summed E-state index contributed by atoms with van der Waals surface area (Å²) < 4.78 is 18.9. The molecule has 3 heterocycles. The van der Waals surface area contributed by atoms with E-state index in [1.165, 1.54) is 0 Å². The molecule has 35 heavy (non-hydrogen) atoms. The number of amides is 1. The van der Waals surface area contributed by atoms with Gasteiger partial charge in [-0.05, 0) is 66.2 Å². The van der Waals surface area contributed by atoms with Crippen molar-refractivity contribution in [2.45, 2.75) is 38.6 Å². The van der Waals surface area contributed by atoms with E-state index in [0.29, 0.717) is 35.2 Å². The summed E-state index contributed by atoms with van der Waals surface area (Å²) in [6.07, 6.45) is 4.05. The summed E-state index contributed by atoms with van der Waals surface area (Å²) in [4.78, 5) is 14.7. The van der Waals surface area contributed by atoms with E-state index in [1.54, 1.807) is 23.9 Å². The molecule has 1 N–H and O–H groups in total. The maximum Gasteiger partial charge on any atom is 0.251 e. The van der Waals surface area contributed by atoms with Gasteiger partial charge in [0.25, 0.3) is 5.91 Å². The lowest BCUT2D eigenvalue weighted by atomic mass is 9.90. The molecule has 0 aliphatic carbocycles. The number of hydrogen-bond donors (Lipinski definition) is 1. The van der Waals surface area contributed by atoms with Gasteiger partial charge < -0.3 is 19.5 Å². The fourth-order valence-corrected chi connectivity index (χ4v) is 4.74. The van der Waals surface area contributed by atoms with Gasteiger partial charge in [-0.15, -0.1) is 5.10 Å². The number of methoxy groups -OCH3 is 1. The first kappa shape index (κ1) is 23.1. The minimum Gasteiger partial charge on any atom is -0.492 e. The molecule has 10 nitrogen and oxygen atoms in total. The van der Waals surface area contributed by atoms with Crippen LogP contribution in [0.5, 0.6) is 17.2 Å². The fraction of sp³-hybridized carbons (Fsp3) is 0.440. The van der Waals surface area contributed by atoms with Crippen molar-refractivity contribution in [1.82, 2.24) is 30.4 Å². The summed E-state index contributed by atoms with van der Waals surface area (Å²) in [6, 6.07) is 9.10. The zero-order valence-corrected chi connectivity index (χ0v) is 20.3. The Kier molecular flexibility index (Phi) is 6.54. The van der Waals surface area contributed by atoms with E-state index < -0.39 is 0 Å². The summed E-state index contributed by atoms with van der Waals surface area (Å²) in [5.74, 6) is 2.54. The summed E-state index contributed by atoms with van der Waals surface area (Å²) in [7, 11) is 3.68. The monoisotopic (exact) mass is 478 g/mol. The van der Waals surface area contributed by atoms with Gasteiger partial charge in [-0.1, -0.05) is 19.8 Å². The second-order valence-electron chi connectivity index (χ2n) is 8.81. The normalized spacial score (nSPS) is 16.7. The van der Waals surface area contributed by atoms with Crippen LogP contribution in [-0.2, 0) is 6.42 Å². The maximum atomic E-state index is 12.5. The van der Waals surface area contributed by atoms with Crippen LogP contribution in [0.2, 0.25) is 0 Å². The Morgan fingerprint density at radius 3 is 2.83 bits per heavy atom. The molecule has 184 valence electrons. The van der Waals surface area contributed by atoms with E-state index in [0.717, 1.165) is 49.0 Å². The van der Waals surface area contributed by atoms with Crippen molar-refractivity contribution in [3.8, 4) is 22.9 Å². The third-order valence-corrected chi connectivity index (χ3v) is 6.57. The lowest BCUT2D eigenvalue weighted by molar-refractivity contribution is 0.0953. The Hall–Kier alpha value is -3.66. The molecule has 2 aromatic carbocycles. The molecule has 2 aliphatic rings. The predicted octanol–water partition coefficient (Wildman–Crippen LogP) is 2.90. The number of unbranched alkanes of at least 4 members (excludes halogenated alkanes) is 2. The van der Waals surface area contributed by atoms with Crippen molar-refractivity contribution in [1.29, 1.82) is 0 Å². The third-order valence-electron chi connectivity index (χ3n) is 6.57. The van der Waals surface area contributed by atoms with E-state index in [-0.39, 0.29) is 18.7 Å². The molecule has 0 radical (unpaired) electrons. The Morgan fingerprint density at radius 1 is 1.23 bits per heavy atom. The van der Waals surface area contributed by atoms with Crippen LogP contribution >= 0.6 is 0 Å². The van der Waals surface area contributed by atoms with Gasteiger partial charge in [0.05, 0.1) is 12.8 Å². The van der Waals surface area contributed by atoms with E-state index in [9.17, 15) is 4.79 Å². The van der Waals surface area contributed by atoms with Crippen LogP contribution in [0.25, 0.3) is 5.69 Å². The minimum atomic E-state index is -0.250. The number of ether oxygens (including phenoxy) is 3. The van der Waals surface area contributed by atoms with Crippen LogP contribution in [0.3, 0.4) is 0 Å². The number of hydrogen-bond acceptors (Lipinski definition) is 8. The van der Waals surface area contributed by atoms with E-state index in [2.05, 4.69) is 32.7 Å². The highest BCUT2D eigenvalue weighted by atomic mass is 16.7. The number of aromatic nitrogens is 4. The molecule has 0 saturated carbocycles. The van der Waals surface area contributed by atoms with E-state index >= 15 is 0 Å². The highest BCUT2D eigenvalue weighted by molar-refractivity contribution is 5.94. The number of tetrazole rings is 1. The molecule has 1 aromatic heterocycles. The lowest BCUT2D eigenvalue weighted by Gasteiger charge is -2.34. The molecule has 3 aromatic rings. The summed E-state index contributed by atoms with van der Waals surface area (Å²) in [5, 5.41) is 15.6. The smallest absolute Gasteiger partial charge is 0.251 e.